The van der Waals surface area contributed by atoms with Crippen LogP contribution in [0.5, 0.6) is 0 Å². The Morgan fingerprint density at radius 3 is 2.29 bits per heavy atom. The first-order chi connectivity index (χ1) is 6.17. The van der Waals surface area contributed by atoms with E-state index in [1.165, 1.54) is 18.2 Å². The Labute approximate surface area is 96.4 Å². The standard InChI is InChI=1S/C10H9O2S.Li/c1-2-3-9-13(11,12)10-7-5-4-6-8-10;/h2,4-9H,1H2;/q-1;+1. The molecule has 0 aliphatic rings. The van der Waals surface area contributed by atoms with Crippen molar-refractivity contribution in [2.75, 3.05) is 0 Å². The molecule has 1 rings (SSSR count). The number of benzene rings is 1. The fourth-order valence-corrected chi connectivity index (χ4v) is 1.76. The van der Waals surface area contributed by atoms with Crippen LogP contribution in [0.3, 0.4) is 0 Å². The van der Waals surface area contributed by atoms with Crippen LogP contribution in [0.2, 0.25) is 0 Å². The molecule has 0 bridgehead atoms. The van der Waals surface area contributed by atoms with Crippen LogP contribution in [-0.2, 0) is 9.84 Å². The molecule has 0 saturated heterocycles. The molecule has 0 saturated carbocycles. The van der Waals surface area contributed by atoms with E-state index in [1.54, 1.807) is 18.2 Å². The van der Waals surface area contributed by atoms with Crippen molar-refractivity contribution in [1.82, 2.24) is 0 Å². The van der Waals surface area contributed by atoms with Crippen molar-refractivity contribution in [2.24, 2.45) is 0 Å². The largest absolute Gasteiger partial charge is 1.00 e. The molecule has 0 atom stereocenters. The summed E-state index contributed by atoms with van der Waals surface area (Å²) in [5.41, 5.74) is 2.44. The van der Waals surface area contributed by atoms with Gasteiger partial charge in [-0.25, -0.2) is 21.4 Å². The van der Waals surface area contributed by atoms with Crippen LogP contribution in [0.25, 0.3) is 0 Å². The van der Waals surface area contributed by atoms with Gasteiger partial charge in [0.15, 0.2) is 9.84 Å². The monoisotopic (exact) mass is 200 g/mol. The van der Waals surface area contributed by atoms with Crippen molar-refractivity contribution in [3.8, 4) is 0 Å². The molecule has 14 heavy (non-hydrogen) atoms. The minimum absolute atomic E-state index is 0. The first-order valence-electron chi connectivity index (χ1n) is 3.67. The first kappa shape index (κ1) is 13.2. The molecule has 0 spiro atoms. The van der Waals surface area contributed by atoms with Crippen molar-refractivity contribution in [3.63, 3.8) is 0 Å². The van der Waals surface area contributed by atoms with Crippen molar-refractivity contribution in [3.05, 3.63) is 54.5 Å². The minimum Gasteiger partial charge on any atom is -0.338 e. The average Bonchev–Trinajstić information content (AvgIpc) is 2.16. The summed E-state index contributed by atoms with van der Waals surface area (Å²) in [5, 5.41) is 1.01. The van der Waals surface area contributed by atoms with Gasteiger partial charge in [0.2, 0.25) is 0 Å². The SMILES string of the molecule is [CH2-]C=C=CS(=O)(=O)c1ccccc1.[Li+]. The van der Waals surface area contributed by atoms with Gasteiger partial charge in [0.05, 0.1) is 4.90 Å². The number of rotatable bonds is 2. The van der Waals surface area contributed by atoms with Crippen molar-refractivity contribution < 1.29 is 27.3 Å². The van der Waals surface area contributed by atoms with Gasteiger partial charge in [0.25, 0.3) is 0 Å². The molecule has 1 aromatic rings. The van der Waals surface area contributed by atoms with Crippen LogP contribution in [0.4, 0.5) is 0 Å². The molecule has 4 heteroatoms. The molecule has 0 fully saturated rings. The predicted octanol–water partition coefficient (Wildman–Crippen LogP) is -1.03. The van der Waals surface area contributed by atoms with Gasteiger partial charge in [-0.2, -0.15) is 0 Å². The molecule has 0 N–H and O–H groups in total. The molecular weight excluding hydrogens is 191 g/mol. The summed E-state index contributed by atoms with van der Waals surface area (Å²) in [7, 11) is -3.33. The molecule has 0 aliphatic heterocycles. The molecule has 0 amide bonds. The molecule has 0 aromatic heterocycles. The normalized spacial score (nSPS) is 9.43. The Kier molecular flexibility index (Phi) is 5.45. The van der Waals surface area contributed by atoms with E-state index in [4.69, 9.17) is 0 Å². The third kappa shape index (κ3) is 3.49. The van der Waals surface area contributed by atoms with Crippen LogP contribution >= 0.6 is 0 Å². The van der Waals surface area contributed by atoms with Crippen molar-refractivity contribution >= 4 is 9.84 Å². The van der Waals surface area contributed by atoms with Gasteiger partial charge in [-0.15, -0.1) is 0 Å². The fourth-order valence-electron chi connectivity index (χ4n) is 0.816. The third-order valence-corrected chi connectivity index (χ3v) is 2.79. The van der Waals surface area contributed by atoms with E-state index in [2.05, 4.69) is 12.7 Å². The molecular formula is C10H9LiO2S. The van der Waals surface area contributed by atoms with Gasteiger partial charge in [0.1, 0.15) is 0 Å². The Hall–Kier alpha value is -0.843. The maximum Gasteiger partial charge on any atom is 1.00 e. The third-order valence-electron chi connectivity index (χ3n) is 1.41. The first-order valence-corrected chi connectivity index (χ1v) is 5.22. The van der Waals surface area contributed by atoms with E-state index < -0.39 is 9.84 Å². The number of hydrogen-bond donors (Lipinski definition) is 0. The second-order valence-corrected chi connectivity index (χ2v) is 4.14. The van der Waals surface area contributed by atoms with Gasteiger partial charge in [-0.3, -0.25) is 0 Å². The number of hydrogen-bond acceptors (Lipinski definition) is 2. The van der Waals surface area contributed by atoms with E-state index in [0.29, 0.717) is 0 Å². The Balaban J connectivity index is 0.00000169. The van der Waals surface area contributed by atoms with Crippen LogP contribution in [0.15, 0.2) is 52.4 Å². The van der Waals surface area contributed by atoms with Crippen LogP contribution in [0, 0.1) is 6.92 Å². The number of sulfone groups is 1. The van der Waals surface area contributed by atoms with Gasteiger partial charge in [0, 0.05) is 0 Å². The average molecular weight is 200 g/mol. The zero-order valence-electron chi connectivity index (χ0n) is 7.97. The summed E-state index contributed by atoms with van der Waals surface area (Å²) in [6.45, 7) is 3.35. The van der Waals surface area contributed by atoms with Gasteiger partial charge < -0.3 is 5.73 Å². The molecule has 0 radical (unpaired) electrons. The Morgan fingerprint density at radius 1 is 1.21 bits per heavy atom. The zero-order chi connectivity index (χ0) is 9.73. The van der Waals surface area contributed by atoms with E-state index in [1.807, 2.05) is 0 Å². The van der Waals surface area contributed by atoms with E-state index in [0.717, 1.165) is 5.41 Å². The second kappa shape index (κ2) is 5.80. The van der Waals surface area contributed by atoms with E-state index >= 15 is 0 Å². The van der Waals surface area contributed by atoms with E-state index in [9.17, 15) is 8.42 Å². The smallest absolute Gasteiger partial charge is 0.338 e. The summed E-state index contributed by atoms with van der Waals surface area (Å²) in [6.07, 6.45) is 1.31. The summed E-state index contributed by atoms with van der Waals surface area (Å²) in [6, 6.07) is 8.19. The zero-order valence-corrected chi connectivity index (χ0v) is 8.79. The molecule has 1 aromatic carbocycles. The van der Waals surface area contributed by atoms with Crippen molar-refractivity contribution in [1.29, 1.82) is 0 Å². The van der Waals surface area contributed by atoms with Gasteiger partial charge in [-0.1, -0.05) is 18.2 Å². The topological polar surface area (TPSA) is 34.1 Å². The maximum absolute atomic E-state index is 11.4. The number of allylic oxidation sites excluding steroid dienone is 1. The van der Waals surface area contributed by atoms with E-state index in [-0.39, 0.29) is 23.8 Å². The maximum atomic E-state index is 11.4. The van der Waals surface area contributed by atoms with Crippen LogP contribution in [-0.4, -0.2) is 8.42 Å². The molecule has 0 heterocycles. The molecule has 0 aliphatic carbocycles. The van der Waals surface area contributed by atoms with Gasteiger partial charge in [-0.05, 0) is 17.5 Å². The van der Waals surface area contributed by atoms with Crippen LogP contribution < -0.4 is 18.9 Å². The Bertz CT molecular complexity index is 428. The summed E-state index contributed by atoms with van der Waals surface area (Å²) < 4.78 is 22.9. The van der Waals surface area contributed by atoms with Gasteiger partial charge >= 0.3 is 18.9 Å². The Morgan fingerprint density at radius 2 is 1.79 bits per heavy atom. The second-order valence-electron chi connectivity index (χ2n) is 2.35. The predicted molar refractivity (Wildman–Crippen MR) is 51.6 cm³/mol. The fraction of sp³-hybridized carbons (Fsp3) is 0. The molecule has 2 nitrogen and oxygen atoms in total. The van der Waals surface area contributed by atoms with Crippen LogP contribution in [0.1, 0.15) is 0 Å². The van der Waals surface area contributed by atoms with Crippen molar-refractivity contribution in [2.45, 2.75) is 4.90 Å². The quantitative estimate of drug-likeness (QED) is 0.347. The molecule has 0 unspecified atom stereocenters. The molecule has 68 valence electrons. The summed E-state index contributed by atoms with van der Waals surface area (Å²) >= 11 is 0. The summed E-state index contributed by atoms with van der Waals surface area (Å²) in [4.78, 5) is 0.268. The summed E-state index contributed by atoms with van der Waals surface area (Å²) in [5.74, 6) is 0. The minimum atomic E-state index is -3.33.